The normalized spacial score (nSPS) is 33.3. The van der Waals surface area contributed by atoms with Gasteiger partial charge in [-0.25, -0.2) is 0 Å². The molecule has 0 amide bonds. The molecule has 1 aliphatic carbocycles. The zero-order chi connectivity index (χ0) is 7.97. The first-order valence-electron chi connectivity index (χ1n) is 4.52. The lowest BCUT2D eigenvalue weighted by molar-refractivity contribution is 0.188. The van der Waals surface area contributed by atoms with Gasteiger partial charge in [-0.3, -0.25) is 0 Å². The van der Waals surface area contributed by atoms with Gasteiger partial charge in [-0.1, -0.05) is 6.08 Å². The first kappa shape index (κ1) is 6.87. The summed E-state index contributed by atoms with van der Waals surface area (Å²) >= 11 is 0. The van der Waals surface area contributed by atoms with Crippen LogP contribution in [0.25, 0.3) is 0 Å². The molecule has 0 spiro atoms. The molecule has 0 N–H and O–H groups in total. The quantitative estimate of drug-likeness (QED) is 0.537. The van der Waals surface area contributed by atoms with Gasteiger partial charge in [0, 0.05) is 5.92 Å². The predicted molar refractivity (Wildman–Crippen MR) is 44.9 cm³/mol. The molecule has 3 aliphatic rings. The Hall–Kier alpha value is -0.600. The number of hydrogen-bond donors (Lipinski definition) is 0. The monoisotopic (exact) mass is 164 g/mol. The maximum absolute atomic E-state index is 5.45. The molecule has 0 aromatic heterocycles. The summed E-state index contributed by atoms with van der Waals surface area (Å²) in [5.41, 5.74) is 4.39. The van der Waals surface area contributed by atoms with Gasteiger partial charge in [0.2, 0.25) is 0 Å². The van der Waals surface area contributed by atoms with E-state index in [1.165, 1.54) is 16.7 Å². The van der Waals surface area contributed by atoms with Gasteiger partial charge in [0.1, 0.15) is 0 Å². The zero-order valence-electron chi connectivity index (χ0n) is 7.01. The van der Waals surface area contributed by atoms with Crippen LogP contribution in [-0.2, 0) is 9.47 Å². The molecule has 12 heavy (non-hydrogen) atoms. The molecule has 0 bridgehead atoms. The molecule has 0 aromatic carbocycles. The summed E-state index contributed by atoms with van der Waals surface area (Å²) in [7, 11) is 0. The molecule has 3 rings (SSSR count). The third kappa shape index (κ3) is 0.822. The van der Waals surface area contributed by atoms with Gasteiger partial charge in [0.15, 0.2) is 0 Å². The molecule has 2 heteroatoms. The van der Waals surface area contributed by atoms with Crippen LogP contribution in [0, 0.1) is 5.92 Å². The van der Waals surface area contributed by atoms with Crippen LogP contribution in [0.15, 0.2) is 22.8 Å². The van der Waals surface area contributed by atoms with Gasteiger partial charge in [-0.15, -0.1) is 0 Å². The van der Waals surface area contributed by atoms with E-state index in [2.05, 4.69) is 6.08 Å². The number of hydrogen-bond acceptors (Lipinski definition) is 2. The van der Waals surface area contributed by atoms with E-state index in [0.29, 0.717) is 5.92 Å². The molecule has 2 aliphatic heterocycles. The van der Waals surface area contributed by atoms with Gasteiger partial charge >= 0.3 is 0 Å². The lowest BCUT2D eigenvalue weighted by atomic mass is 9.86. The van der Waals surface area contributed by atoms with E-state index in [1.54, 1.807) is 0 Å². The summed E-state index contributed by atoms with van der Waals surface area (Å²) in [4.78, 5) is 0. The molecule has 1 unspecified atom stereocenters. The standard InChI is InChI=1S/C10H12O2/c1-2-8-4-12-6-10(8)9-5-11-3-7(1)9/h1,8H,2-6H2. The zero-order valence-corrected chi connectivity index (χ0v) is 7.01. The largest absolute Gasteiger partial charge is 0.376 e. The Labute approximate surface area is 71.9 Å². The average molecular weight is 164 g/mol. The minimum absolute atomic E-state index is 0.672. The Balaban J connectivity index is 2.06. The summed E-state index contributed by atoms with van der Waals surface area (Å²) in [5.74, 6) is 0.672. The van der Waals surface area contributed by atoms with Crippen molar-refractivity contribution in [1.29, 1.82) is 0 Å². The van der Waals surface area contributed by atoms with Crippen molar-refractivity contribution >= 4 is 0 Å². The van der Waals surface area contributed by atoms with Crippen LogP contribution in [0.4, 0.5) is 0 Å². The summed E-state index contributed by atoms with van der Waals surface area (Å²) in [5, 5.41) is 0. The maximum atomic E-state index is 5.45. The first-order chi connectivity index (χ1) is 5.95. The van der Waals surface area contributed by atoms with Crippen molar-refractivity contribution in [1.82, 2.24) is 0 Å². The van der Waals surface area contributed by atoms with Crippen LogP contribution in [0.3, 0.4) is 0 Å². The highest BCUT2D eigenvalue weighted by atomic mass is 16.5. The van der Waals surface area contributed by atoms with Crippen molar-refractivity contribution in [3.63, 3.8) is 0 Å². The molecule has 2 heterocycles. The topological polar surface area (TPSA) is 18.5 Å². The highest BCUT2D eigenvalue weighted by Crippen LogP contribution is 2.36. The van der Waals surface area contributed by atoms with Gasteiger partial charge in [0.05, 0.1) is 26.4 Å². The van der Waals surface area contributed by atoms with E-state index in [4.69, 9.17) is 9.47 Å². The van der Waals surface area contributed by atoms with Crippen molar-refractivity contribution in [2.24, 2.45) is 5.92 Å². The minimum atomic E-state index is 0.672. The van der Waals surface area contributed by atoms with Crippen LogP contribution >= 0.6 is 0 Å². The SMILES string of the molecule is C1=C2COCC2=C2COCC2C1. The lowest BCUT2D eigenvalue weighted by Crippen LogP contribution is -2.09. The van der Waals surface area contributed by atoms with E-state index in [1.807, 2.05) is 0 Å². The van der Waals surface area contributed by atoms with Gasteiger partial charge in [-0.2, -0.15) is 0 Å². The van der Waals surface area contributed by atoms with Gasteiger partial charge in [-0.05, 0) is 23.1 Å². The number of ether oxygens (including phenoxy) is 2. The highest BCUT2D eigenvalue weighted by Gasteiger charge is 2.31. The molecule has 64 valence electrons. The van der Waals surface area contributed by atoms with Crippen molar-refractivity contribution in [3.8, 4) is 0 Å². The van der Waals surface area contributed by atoms with Crippen molar-refractivity contribution in [3.05, 3.63) is 22.8 Å². The first-order valence-corrected chi connectivity index (χ1v) is 4.52. The second-order valence-corrected chi connectivity index (χ2v) is 3.67. The predicted octanol–water partition coefficient (Wildman–Crippen LogP) is 1.29. The Morgan fingerprint density at radius 1 is 1.17 bits per heavy atom. The fourth-order valence-corrected chi connectivity index (χ4v) is 2.28. The second kappa shape index (κ2) is 2.44. The minimum Gasteiger partial charge on any atom is -0.376 e. The van der Waals surface area contributed by atoms with E-state index >= 15 is 0 Å². The summed E-state index contributed by atoms with van der Waals surface area (Å²) in [6.07, 6.45) is 3.49. The van der Waals surface area contributed by atoms with Crippen molar-refractivity contribution in [2.75, 3.05) is 26.4 Å². The fraction of sp³-hybridized carbons (Fsp3) is 0.600. The Morgan fingerprint density at radius 3 is 3.17 bits per heavy atom. The third-order valence-corrected chi connectivity index (χ3v) is 3.00. The van der Waals surface area contributed by atoms with Crippen LogP contribution in [0.2, 0.25) is 0 Å². The van der Waals surface area contributed by atoms with Crippen molar-refractivity contribution < 1.29 is 9.47 Å². The molecule has 0 saturated carbocycles. The third-order valence-electron chi connectivity index (χ3n) is 3.00. The van der Waals surface area contributed by atoms with Crippen LogP contribution in [0.1, 0.15) is 6.42 Å². The molecule has 2 saturated heterocycles. The summed E-state index contributed by atoms with van der Waals surface area (Å²) < 4.78 is 10.9. The van der Waals surface area contributed by atoms with Crippen molar-refractivity contribution in [2.45, 2.75) is 6.42 Å². The van der Waals surface area contributed by atoms with Crippen LogP contribution in [0.5, 0.6) is 0 Å². The van der Waals surface area contributed by atoms with Gasteiger partial charge < -0.3 is 9.47 Å². The molecule has 2 fully saturated rings. The van der Waals surface area contributed by atoms with E-state index in [0.717, 1.165) is 32.8 Å². The molecular weight excluding hydrogens is 152 g/mol. The number of allylic oxidation sites excluding steroid dienone is 1. The smallest absolute Gasteiger partial charge is 0.0725 e. The molecule has 0 aromatic rings. The molecule has 0 radical (unpaired) electrons. The Bertz CT molecular complexity index is 276. The Kier molecular flexibility index (Phi) is 1.40. The number of rotatable bonds is 0. The average Bonchev–Trinajstić information content (AvgIpc) is 2.71. The molecule has 2 nitrogen and oxygen atoms in total. The van der Waals surface area contributed by atoms with E-state index < -0.39 is 0 Å². The molecular formula is C10H12O2. The summed E-state index contributed by atoms with van der Waals surface area (Å²) in [6, 6.07) is 0. The molecule has 1 atom stereocenters. The second-order valence-electron chi connectivity index (χ2n) is 3.67. The fourth-order valence-electron chi connectivity index (χ4n) is 2.28. The lowest BCUT2D eigenvalue weighted by Gasteiger charge is -2.16. The van der Waals surface area contributed by atoms with E-state index in [9.17, 15) is 0 Å². The van der Waals surface area contributed by atoms with E-state index in [-0.39, 0.29) is 0 Å². The summed E-state index contributed by atoms with van der Waals surface area (Å²) in [6.45, 7) is 3.41. The van der Waals surface area contributed by atoms with Gasteiger partial charge in [0.25, 0.3) is 0 Å². The van der Waals surface area contributed by atoms with Crippen LogP contribution < -0.4 is 0 Å². The maximum Gasteiger partial charge on any atom is 0.0725 e. The van der Waals surface area contributed by atoms with Crippen LogP contribution in [-0.4, -0.2) is 26.4 Å². The number of fused-ring (bicyclic) bond motifs is 2. The Morgan fingerprint density at radius 2 is 2.17 bits per heavy atom. The highest BCUT2D eigenvalue weighted by molar-refractivity contribution is 5.44.